The number of nitrogens with one attached hydrogen (secondary N) is 1. The topological polar surface area (TPSA) is 74.5 Å². The lowest BCUT2D eigenvalue weighted by atomic mass is 10.3. The Balaban J connectivity index is 1.94. The van der Waals surface area contributed by atoms with Crippen LogP contribution < -0.4 is 5.32 Å². The number of nitriles is 1. The molecule has 0 atom stereocenters. The molecule has 19 heavy (non-hydrogen) atoms. The first kappa shape index (κ1) is 11.8. The Labute approximate surface area is 117 Å². The molecule has 0 aliphatic carbocycles. The smallest absolute Gasteiger partial charge is 0.230 e. The third-order valence-corrected chi connectivity index (χ3v) is 3.51. The van der Waals surface area contributed by atoms with Crippen LogP contribution in [0.25, 0.3) is 10.2 Å². The quantitative estimate of drug-likeness (QED) is 0.782. The predicted molar refractivity (Wildman–Crippen MR) is 74.7 cm³/mol. The summed E-state index contributed by atoms with van der Waals surface area (Å²) < 4.78 is 0.978. The molecule has 1 N–H and O–H groups in total. The molecule has 2 aromatic heterocycles. The first-order chi connectivity index (χ1) is 9.24. The SMILES string of the molecule is N#Cc1ccnc(Nc2nc3ccc(Cl)cc3s2)n1. The average molecular weight is 288 g/mol. The number of fused-ring (bicyclic) bond motifs is 1. The van der Waals surface area contributed by atoms with E-state index in [4.69, 9.17) is 16.9 Å². The van der Waals surface area contributed by atoms with Crippen LogP contribution >= 0.6 is 22.9 Å². The zero-order chi connectivity index (χ0) is 13.2. The van der Waals surface area contributed by atoms with Crippen LogP contribution in [0.5, 0.6) is 0 Å². The Morgan fingerprint density at radius 1 is 1.26 bits per heavy atom. The van der Waals surface area contributed by atoms with Gasteiger partial charge >= 0.3 is 0 Å². The standard InChI is InChI=1S/C12H6ClN5S/c13-7-1-2-9-10(5-7)19-12(17-9)18-11-15-4-3-8(6-14)16-11/h1-5H,(H,15,16,17,18). The van der Waals surface area contributed by atoms with Gasteiger partial charge in [0, 0.05) is 11.2 Å². The molecule has 0 amide bonds. The van der Waals surface area contributed by atoms with E-state index in [0.717, 1.165) is 10.2 Å². The van der Waals surface area contributed by atoms with Gasteiger partial charge in [0.2, 0.25) is 5.95 Å². The maximum atomic E-state index is 8.78. The van der Waals surface area contributed by atoms with Crippen molar-refractivity contribution in [3.05, 3.63) is 41.2 Å². The van der Waals surface area contributed by atoms with Crippen LogP contribution in [0.1, 0.15) is 5.69 Å². The van der Waals surface area contributed by atoms with Crippen LogP contribution in [0.3, 0.4) is 0 Å². The second-order valence-electron chi connectivity index (χ2n) is 3.63. The molecule has 3 rings (SSSR count). The minimum atomic E-state index is 0.307. The highest BCUT2D eigenvalue weighted by atomic mass is 35.5. The summed E-state index contributed by atoms with van der Waals surface area (Å²) in [6.07, 6.45) is 1.53. The van der Waals surface area contributed by atoms with E-state index in [0.29, 0.717) is 21.8 Å². The molecule has 0 fully saturated rings. The molecule has 3 aromatic rings. The van der Waals surface area contributed by atoms with Crippen LogP contribution in [0.2, 0.25) is 5.02 Å². The summed E-state index contributed by atoms with van der Waals surface area (Å²) in [4.78, 5) is 12.5. The number of aromatic nitrogens is 3. The Morgan fingerprint density at radius 2 is 2.16 bits per heavy atom. The van der Waals surface area contributed by atoms with Crippen LogP contribution in [0, 0.1) is 11.3 Å². The van der Waals surface area contributed by atoms with Gasteiger partial charge in [-0.3, -0.25) is 5.32 Å². The number of benzene rings is 1. The van der Waals surface area contributed by atoms with E-state index >= 15 is 0 Å². The monoisotopic (exact) mass is 287 g/mol. The highest BCUT2D eigenvalue weighted by Crippen LogP contribution is 2.29. The number of anilines is 2. The van der Waals surface area contributed by atoms with Gasteiger partial charge < -0.3 is 0 Å². The van der Waals surface area contributed by atoms with Crippen molar-refractivity contribution in [2.24, 2.45) is 0 Å². The number of rotatable bonds is 2. The number of nitrogens with zero attached hydrogens (tertiary/aromatic N) is 4. The number of hydrogen-bond acceptors (Lipinski definition) is 6. The Hall–Kier alpha value is -2.23. The molecule has 0 aliphatic rings. The van der Waals surface area contributed by atoms with Gasteiger partial charge in [0.05, 0.1) is 10.2 Å². The lowest BCUT2D eigenvalue weighted by molar-refractivity contribution is 1.14. The van der Waals surface area contributed by atoms with E-state index in [2.05, 4.69) is 20.3 Å². The summed E-state index contributed by atoms with van der Waals surface area (Å²) in [5.41, 5.74) is 1.16. The van der Waals surface area contributed by atoms with E-state index in [1.807, 2.05) is 18.2 Å². The summed E-state index contributed by atoms with van der Waals surface area (Å²) >= 11 is 7.38. The molecule has 1 aromatic carbocycles. The van der Waals surface area contributed by atoms with Crippen LogP contribution in [-0.2, 0) is 0 Å². The molecule has 0 saturated carbocycles. The van der Waals surface area contributed by atoms with Crippen molar-refractivity contribution in [1.29, 1.82) is 5.26 Å². The van der Waals surface area contributed by atoms with E-state index in [-0.39, 0.29) is 0 Å². The van der Waals surface area contributed by atoms with E-state index in [9.17, 15) is 0 Å². The summed E-state index contributed by atoms with van der Waals surface area (Å²) in [6.45, 7) is 0. The third kappa shape index (κ3) is 2.47. The first-order valence-electron chi connectivity index (χ1n) is 5.31. The summed E-state index contributed by atoms with van der Waals surface area (Å²) in [5.74, 6) is 0.351. The lowest BCUT2D eigenvalue weighted by Gasteiger charge is -1.98. The Bertz CT molecular complexity index is 792. The molecule has 5 nitrogen and oxygen atoms in total. The van der Waals surface area contributed by atoms with Gasteiger partial charge in [0.25, 0.3) is 0 Å². The normalized spacial score (nSPS) is 10.3. The molecule has 0 bridgehead atoms. The zero-order valence-corrected chi connectivity index (χ0v) is 11.0. The summed E-state index contributed by atoms with van der Waals surface area (Å²) in [5, 5.41) is 13.1. The minimum Gasteiger partial charge on any atom is -0.300 e. The molecule has 2 heterocycles. The largest absolute Gasteiger partial charge is 0.300 e. The lowest BCUT2D eigenvalue weighted by Crippen LogP contribution is -1.97. The van der Waals surface area contributed by atoms with Crippen LogP contribution in [-0.4, -0.2) is 15.0 Å². The van der Waals surface area contributed by atoms with Gasteiger partial charge in [0.15, 0.2) is 5.13 Å². The van der Waals surface area contributed by atoms with Gasteiger partial charge in [-0.15, -0.1) is 0 Å². The van der Waals surface area contributed by atoms with Crippen molar-refractivity contribution >= 4 is 44.2 Å². The fourth-order valence-corrected chi connectivity index (χ4v) is 2.66. The van der Waals surface area contributed by atoms with Crippen molar-refractivity contribution < 1.29 is 0 Å². The second kappa shape index (κ2) is 4.80. The highest BCUT2D eigenvalue weighted by Gasteiger charge is 2.06. The Kier molecular flexibility index (Phi) is 2.99. The maximum absolute atomic E-state index is 8.78. The van der Waals surface area contributed by atoms with Gasteiger partial charge in [0.1, 0.15) is 11.8 Å². The predicted octanol–water partition coefficient (Wildman–Crippen LogP) is 3.35. The number of thiazole rings is 1. The van der Waals surface area contributed by atoms with E-state index in [1.54, 1.807) is 12.1 Å². The molecule has 92 valence electrons. The Morgan fingerprint density at radius 3 is 3.00 bits per heavy atom. The summed E-state index contributed by atoms with van der Waals surface area (Å²) in [6, 6.07) is 9.00. The average Bonchev–Trinajstić information content (AvgIpc) is 2.80. The third-order valence-electron chi connectivity index (χ3n) is 2.34. The van der Waals surface area contributed by atoms with Gasteiger partial charge in [-0.1, -0.05) is 22.9 Å². The fourth-order valence-electron chi connectivity index (χ4n) is 1.53. The molecular weight excluding hydrogens is 282 g/mol. The zero-order valence-electron chi connectivity index (χ0n) is 9.46. The van der Waals surface area contributed by atoms with Crippen molar-refractivity contribution in [3.8, 4) is 6.07 Å². The maximum Gasteiger partial charge on any atom is 0.230 e. The number of hydrogen-bond donors (Lipinski definition) is 1. The first-order valence-corrected chi connectivity index (χ1v) is 6.50. The summed E-state index contributed by atoms with van der Waals surface area (Å²) in [7, 11) is 0. The van der Waals surface area contributed by atoms with Crippen LogP contribution in [0.15, 0.2) is 30.5 Å². The van der Waals surface area contributed by atoms with Crippen LogP contribution in [0.4, 0.5) is 11.1 Å². The number of halogens is 1. The van der Waals surface area contributed by atoms with E-state index in [1.165, 1.54) is 17.5 Å². The van der Waals surface area contributed by atoms with Crippen molar-refractivity contribution in [2.75, 3.05) is 5.32 Å². The molecule has 7 heteroatoms. The molecule has 0 radical (unpaired) electrons. The molecule has 0 spiro atoms. The van der Waals surface area contributed by atoms with Gasteiger partial charge in [-0.2, -0.15) is 5.26 Å². The fraction of sp³-hybridized carbons (Fsp3) is 0. The highest BCUT2D eigenvalue weighted by molar-refractivity contribution is 7.22. The minimum absolute atomic E-state index is 0.307. The van der Waals surface area contributed by atoms with E-state index < -0.39 is 0 Å². The van der Waals surface area contributed by atoms with Crippen molar-refractivity contribution in [1.82, 2.24) is 15.0 Å². The van der Waals surface area contributed by atoms with Gasteiger partial charge in [-0.05, 0) is 24.3 Å². The molecule has 0 aliphatic heterocycles. The molecular formula is C12H6ClN5S. The molecule has 0 unspecified atom stereocenters. The molecule has 0 saturated heterocycles. The van der Waals surface area contributed by atoms with Crippen molar-refractivity contribution in [2.45, 2.75) is 0 Å². The van der Waals surface area contributed by atoms with Gasteiger partial charge in [-0.25, -0.2) is 15.0 Å². The second-order valence-corrected chi connectivity index (χ2v) is 5.10. The van der Waals surface area contributed by atoms with Crippen molar-refractivity contribution in [3.63, 3.8) is 0 Å².